The van der Waals surface area contributed by atoms with Gasteiger partial charge in [-0.3, -0.25) is 4.79 Å². The lowest BCUT2D eigenvalue weighted by Crippen LogP contribution is -2.43. The second-order valence-corrected chi connectivity index (χ2v) is 6.43. The molecule has 0 bridgehead atoms. The Morgan fingerprint density at radius 2 is 2.00 bits per heavy atom. The zero-order chi connectivity index (χ0) is 16.6. The Labute approximate surface area is 134 Å². The Kier molecular flexibility index (Phi) is 3.68. The minimum Gasteiger partial charge on any atom is -0.507 e. The van der Waals surface area contributed by atoms with Gasteiger partial charge in [0.05, 0.1) is 5.56 Å². The molecule has 3 nitrogen and oxygen atoms in total. The number of rotatable bonds is 2. The predicted molar refractivity (Wildman–Crippen MR) is 87.7 cm³/mol. The lowest BCUT2D eigenvalue weighted by atomic mass is 9.85. The van der Waals surface area contributed by atoms with Gasteiger partial charge in [0.2, 0.25) is 0 Å². The minimum atomic E-state index is -0.342. The van der Waals surface area contributed by atoms with E-state index in [1.807, 2.05) is 13.8 Å². The van der Waals surface area contributed by atoms with Crippen molar-refractivity contribution < 1.29 is 14.3 Å². The van der Waals surface area contributed by atoms with E-state index in [1.165, 1.54) is 24.3 Å². The van der Waals surface area contributed by atoms with Crippen LogP contribution in [0, 0.1) is 5.82 Å². The molecule has 23 heavy (non-hydrogen) atoms. The normalized spacial score (nSPS) is 17.4. The molecule has 0 fully saturated rings. The first-order valence-electron chi connectivity index (χ1n) is 7.47. The summed E-state index contributed by atoms with van der Waals surface area (Å²) in [5.74, 6) is -0.728. The number of hydrogen-bond donors (Lipinski definition) is 2. The van der Waals surface area contributed by atoms with Crippen molar-refractivity contribution in [3.8, 4) is 5.75 Å². The average molecular weight is 311 g/mol. The third-order valence-corrected chi connectivity index (χ3v) is 3.91. The van der Waals surface area contributed by atoms with Gasteiger partial charge < -0.3 is 10.4 Å². The molecule has 0 saturated heterocycles. The number of carbonyl (C=O) groups excluding carboxylic acids is 1. The molecule has 0 aliphatic carbocycles. The average Bonchev–Trinajstić information content (AvgIpc) is 2.47. The topological polar surface area (TPSA) is 49.3 Å². The molecule has 2 N–H and O–H groups in total. The summed E-state index contributed by atoms with van der Waals surface area (Å²) in [5.41, 5.74) is 2.24. The van der Waals surface area contributed by atoms with Crippen molar-refractivity contribution in [2.75, 3.05) is 0 Å². The maximum absolute atomic E-state index is 13.6. The van der Waals surface area contributed by atoms with Crippen LogP contribution in [0.15, 0.2) is 48.5 Å². The number of carbonyl (C=O) groups is 1. The molecule has 1 aliphatic heterocycles. The fourth-order valence-electron chi connectivity index (χ4n) is 2.91. The molecule has 4 heteroatoms. The molecule has 3 rings (SSSR count). The summed E-state index contributed by atoms with van der Waals surface area (Å²) in [6.07, 6.45) is 2.17. The number of hydrogen-bond acceptors (Lipinski definition) is 3. The molecule has 0 atom stereocenters. The van der Waals surface area contributed by atoms with Gasteiger partial charge in [0.15, 0.2) is 5.78 Å². The van der Waals surface area contributed by atoms with Crippen molar-refractivity contribution in [1.82, 2.24) is 5.32 Å². The van der Waals surface area contributed by atoms with E-state index < -0.39 is 0 Å². The summed E-state index contributed by atoms with van der Waals surface area (Å²) in [7, 11) is 0. The molecule has 118 valence electrons. The highest BCUT2D eigenvalue weighted by atomic mass is 19.1. The quantitative estimate of drug-likeness (QED) is 0.657. The second-order valence-electron chi connectivity index (χ2n) is 6.43. The van der Waals surface area contributed by atoms with Gasteiger partial charge in [-0.1, -0.05) is 18.2 Å². The maximum Gasteiger partial charge on any atom is 0.191 e. The fourth-order valence-corrected chi connectivity index (χ4v) is 2.91. The SMILES string of the molecule is CC1(C)Cc2ccc(F)cc2C(=CC(=O)c2ccccc2O)N1. The number of aromatic hydroxyl groups is 1. The van der Waals surface area contributed by atoms with Gasteiger partial charge in [0, 0.05) is 22.9 Å². The summed E-state index contributed by atoms with van der Waals surface area (Å²) >= 11 is 0. The number of nitrogens with one attached hydrogen (secondary N) is 1. The number of fused-ring (bicyclic) bond motifs is 1. The third kappa shape index (κ3) is 3.11. The maximum atomic E-state index is 13.6. The van der Waals surface area contributed by atoms with Crippen molar-refractivity contribution in [2.45, 2.75) is 25.8 Å². The van der Waals surface area contributed by atoms with Crippen LogP contribution in [0.5, 0.6) is 5.75 Å². The van der Waals surface area contributed by atoms with Crippen LogP contribution in [-0.4, -0.2) is 16.4 Å². The van der Waals surface area contributed by atoms with E-state index in [9.17, 15) is 14.3 Å². The minimum absolute atomic E-state index is 0.0658. The first-order valence-corrected chi connectivity index (χ1v) is 7.47. The predicted octanol–water partition coefficient (Wildman–Crippen LogP) is 3.68. The Hall–Kier alpha value is -2.62. The van der Waals surface area contributed by atoms with E-state index in [4.69, 9.17) is 0 Å². The van der Waals surface area contributed by atoms with Crippen LogP contribution < -0.4 is 5.32 Å². The van der Waals surface area contributed by atoms with Crippen molar-refractivity contribution in [1.29, 1.82) is 0 Å². The van der Waals surface area contributed by atoms with Crippen LogP contribution in [0.1, 0.15) is 35.3 Å². The number of para-hydroxylation sites is 1. The third-order valence-electron chi connectivity index (χ3n) is 3.91. The Balaban J connectivity index is 2.07. The number of phenols is 1. The lowest BCUT2D eigenvalue weighted by Gasteiger charge is -2.35. The van der Waals surface area contributed by atoms with Crippen LogP contribution in [0.25, 0.3) is 5.70 Å². The van der Waals surface area contributed by atoms with Gasteiger partial charge in [-0.2, -0.15) is 0 Å². The number of benzene rings is 2. The van der Waals surface area contributed by atoms with E-state index in [2.05, 4.69) is 5.32 Å². The van der Waals surface area contributed by atoms with Crippen LogP contribution >= 0.6 is 0 Å². The van der Waals surface area contributed by atoms with Crippen molar-refractivity contribution in [3.05, 3.63) is 71.0 Å². The highest BCUT2D eigenvalue weighted by molar-refractivity contribution is 6.10. The first-order chi connectivity index (χ1) is 10.9. The molecule has 0 unspecified atom stereocenters. The molecule has 2 aromatic rings. The number of ketones is 1. The van der Waals surface area contributed by atoms with Gasteiger partial charge in [-0.05, 0) is 50.1 Å². The molecule has 0 radical (unpaired) electrons. The van der Waals surface area contributed by atoms with E-state index in [0.29, 0.717) is 11.3 Å². The number of halogens is 1. The summed E-state index contributed by atoms with van der Waals surface area (Å²) in [5, 5.41) is 13.1. The lowest BCUT2D eigenvalue weighted by molar-refractivity contribution is 0.104. The van der Waals surface area contributed by atoms with E-state index in [-0.39, 0.29) is 28.5 Å². The molecular formula is C19H18FNO2. The fraction of sp³-hybridized carbons (Fsp3) is 0.211. The van der Waals surface area contributed by atoms with Crippen molar-refractivity contribution >= 4 is 11.5 Å². The smallest absolute Gasteiger partial charge is 0.191 e. The molecule has 1 heterocycles. The highest BCUT2D eigenvalue weighted by Gasteiger charge is 2.28. The summed E-state index contributed by atoms with van der Waals surface area (Å²) < 4.78 is 13.6. The van der Waals surface area contributed by atoms with Crippen LogP contribution in [0.4, 0.5) is 4.39 Å². The van der Waals surface area contributed by atoms with Gasteiger partial charge in [-0.25, -0.2) is 4.39 Å². The van der Waals surface area contributed by atoms with Crippen LogP contribution in [-0.2, 0) is 6.42 Å². The highest BCUT2D eigenvalue weighted by Crippen LogP contribution is 2.30. The van der Waals surface area contributed by atoms with E-state index in [1.54, 1.807) is 24.3 Å². The van der Waals surface area contributed by atoms with Gasteiger partial charge >= 0.3 is 0 Å². The van der Waals surface area contributed by atoms with Crippen LogP contribution in [0.2, 0.25) is 0 Å². The van der Waals surface area contributed by atoms with Gasteiger partial charge in [0.25, 0.3) is 0 Å². The van der Waals surface area contributed by atoms with Gasteiger partial charge in [0.1, 0.15) is 11.6 Å². The largest absolute Gasteiger partial charge is 0.507 e. The zero-order valence-corrected chi connectivity index (χ0v) is 13.1. The monoisotopic (exact) mass is 311 g/mol. The van der Waals surface area contributed by atoms with Crippen molar-refractivity contribution in [2.24, 2.45) is 0 Å². The zero-order valence-electron chi connectivity index (χ0n) is 13.1. The molecule has 2 aromatic carbocycles. The van der Waals surface area contributed by atoms with Crippen molar-refractivity contribution in [3.63, 3.8) is 0 Å². The summed E-state index contributed by atoms with van der Waals surface area (Å²) in [6, 6.07) is 11.0. The standard InChI is InChI=1S/C19H18FNO2/c1-19(2)11-12-7-8-13(20)9-15(12)16(21-19)10-18(23)14-5-3-4-6-17(14)22/h3-10,21-22H,11H2,1-2H3. The Morgan fingerprint density at radius 1 is 1.26 bits per heavy atom. The number of phenolic OH excluding ortho intramolecular Hbond substituents is 1. The molecule has 0 amide bonds. The molecule has 0 aromatic heterocycles. The second kappa shape index (κ2) is 5.54. The number of allylic oxidation sites excluding steroid dienone is 1. The summed E-state index contributed by atoms with van der Waals surface area (Å²) in [4.78, 5) is 12.5. The Morgan fingerprint density at radius 3 is 2.74 bits per heavy atom. The van der Waals surface area contributed by atoms with Crippen LogP contribution in [0.3, 0.4) is 0 Å². The molecule has 0 saturated carbocycles. The molecular weight excluding hydrogens is 293 g/mol. The Bertz CT molecular complexity index is 809. The van der Waals surface area contributed by atoms with Gasteiger partial charge in [-0.15, -0.1) is 0 Å². The first kappa shape index (κ1) is 15.3. The van der Waals surface area contributed by atoms with E-state index >= 15 is 0 Å². The molecule has 1 aliphatic rings. The van der Waals surface area contributed by atoms with E-state index in [0.717, 1.165) is 12.0 Å². The summed E-state index contributed by atoms with van der Waals surface area (Å²) in [6.45, 7) is 4.05. The molecule has 0 spiro atoms.